The van der Waals surface area contributed by atoms with Crippen molar-refractivity contribution in [1.82, 2.24) is 14.9 Å². The van der Waals surface area contributed by atoms with Gasteiger partial charge in [-0.3, -0.25) is 4.79 Å². The average molecular weight is 286 g/mol. The average Bonchev–Trinajstić information content (AvgIpc) is 2.82. The van der Waals surface area contributed by atoms with Crippen molar-refractivity contribution in [2.75, 3.05) is 7.05 Å². The lowest BCUT2D eigenvalue weighted by molar-refractivity contribution is -0.126. The lowest BCUT2D eigenvalue weighted by atomic mass is 9.78. The lowest BCUT2D eigenvalue weighted by Crippen LogP contribution is -2.56. The molecule has 2 aromatic rings. The summed E-state index contributed by atoms with van der Waals surface area (Å²) in [4.78, 5) is 16.5. The molecular formula is C16H22N4O. The number of para-hydroxylation sites is 2. The second-order valence-electron chi connectivity index (χ2n) is 5.96. The van der Waals surface area contributed by atoms with E-state index in [0.717, 1.165) is 42.5 Å². The number of rotatable bonds is 3. The molecule has 0 bridgehead atoms. The van der Waals surface area contributed by atoms with Gasteiger partial charge in [0, 0.05) is 6.04 Å². The van der Waals surface area contributed by atoms with Gasteiger partial charge in [-0.2, -0.15) is 0 Å². The van der Waals surface area contributed by atoms with E-state index in [-0.39, 0.29) is 11.9 Å². The Labute approximate surface area is 124 Å². The number of carbonyl (C=O) groups excluding carboxylic acids is 1. The normalized spacial score (nSPS) is 26.1. The van der Waals surface area contributed by atoms with Gasteiger partial charge in [0.2, 0.25) is 5.91 Å². The Bertz CT molecular complexity index is 678. The number of amides is 1. The van der Waals surface area contributed by atoms with Crippen LogP contribution < -0.4 is 11.1 Å². The van der Waals surface area contributed by atoms with Gasteiger partial charge >= 0.3 is 0 Å². The summed E-state index contributed by atoms with van der Waals surface area (Å²) in [7, 11) is 1.83. The highest BCUT2D eigenvalue weighted by Gasteiger charge is 2.41. The minimum Gasteiger partial charge on any atom is -0.368 e. The topological polar surface area (TPSA) is 72.9 Å². The standard InChI is InChI=1S/C16H22N4O/c1-11-19-13-7-3-4-8-14(13)20(11)12-6-5-9-16(10-12,18-2)15(17)21/h3-4,7-8,12,18H,5-6,9-10H2,1-2H3,(H2,17,21). The van der Waals surface area contributed by atoms with E-state index in [1.807, 2.05) is 32.2 Å². The fourth-order valence-electron chi connectivity index (χ4n) is 3.67. The quantitative estimate of drug-likeness (QED) is 0.905. The molecule has 0 radical (unpaired) electrons. The molecule has 1 aliphatic rings. The van der Waals surface area contributed by atoms with Crippen molar-refractivity contribution >= 4 is 16.9 Å². The van der Waals surface area contributed by atoms with Gasteiger partial charge in [0.05, 0.1) is 16.6 Å². The molecule has 1 saturated carbocycles. The fourth-order valence-corrected chi connectivity index (χ4v) is 3.67. The Kier molecular flexibility index (Phi) is 3.45. The number of nitrogens with two attached hydrogens (primary N) is 1. The first-order valence-electron chi connectivity index (χ1n) is 7.50. The number of benzene rings is 1. The maximum absolute atomic E-state index is 11.9. The molecule has 0 aliphatic heterocycles. The summed E-state index contributed by atoms with van der Waals surface area (Å²) in [6, 6.07) is 8.41. The maximum atomic E-state index is 11.9. The number of nitrogens with zero attached hydrogens (tertiary/aromatic N) is 2. The molecule has 1 aromatic carbocycles. The summed E-state index contributed by atoms with van der Waals surface area (Å²) in [6.45, 7) is 2.03. The number of hydrogen-bond acceptors (Lipinski definition) is 3. The van der Waals surface area contributed by atoms with Crippen LogP contribution in [0.25, 0.3) is 11.0 Å². The van der Waals surface area contributed by atoms with Gasteiger partial charge in [0.15, 0.2) is 0 Å². The van der Waals surface area contributed by atoms with E-state index in [0.29, 0.717) is 0 Å². The summed E-state index contributed by atoms with van der Waals surface area (Å²) in [5.41, 5.74) is 7.20. The van der Waals surface area contributed by atoms with Crippen LogP contribution in [0.2, 0.25) is 0 Å². The van der Waals surface area contributed by atoms with Crippen LogP contribution in [-0.2, 0) is 4.79 Å². The third kappa shape index (κ3) is 2.21. The molecule has 2 atom stereocenters. The first kappa shape index (κ1) is 14.1. The van der Waals surface area contributed by atoms with E-state index in [1.165, 1.54) is 0 Å². The molecule has 1 aliphatic carbocycles. The zero-order chi connectivity index (χ0) is 15.0. The zero-order valence-electron chi connectivity index (χ0n) is 12.6. The van der Waals surface area contributed by atoms with Gasteiger partial charge in [0.25, 0.3) is 0 Å². The summed E-state index contributed by atoms with van der Waals surface area (Å²) >= 11 is 0. The molecule has 1 fully saturated rings. The molecule has 2 unspecified atom stereocenters. The van der Waals surface area contributed by atoms with E-state index >= 15 is 0 Å². The van der Waals surface area contributed by atoms with Crippen molar-refractivity contribution in [3.05, 3.63) is 30.1 Å². The number of hydrogen-bond donors (Lipinski definition) is 2. The number of likely N-dealkylation sites (N-methyl/N-ethyl adjacent to an activating group) is 1. The molecule has 112 valence electrons. The van der Waals surface area contributed by atoms with Gasteiger partial charge < -0.3 is 15.6 Å². The van der Waals surface area contributed by atoms with Crippen LogP contribution >= 0.6 is 0 Å². The van der Waals surface area contributed by atoms with Crippen molar-refractivity contribution < 1.29 is 4.79 Å². The summed E-state index contributed by atoms with van der Waals surface area (Å²) in [5.74, 6) is 0.745. The van der Waals surface area contributed by atoms with Crippen LogP contribution in [0.3, 0.4) is 0 Å². The second kappa shape index (κ2) is 5.15. The fraction of sp³-hybridized carbons (Fsp3) is 0.500. The number of carbonyl (C=O) groups is 1. The minimum absolute atomic E-state index is 0.253. The molecule has 5 nitrogen and oxygen atoms in total. The van der Waals surface area contributed by atoms with Crippen LogP contribution in [0, 0.1) is 6.92 Å². The Morgan fingerprint density at radius 3 is 2.95 bits per heavy atom. The summed E-state index contributed by atoms with van der Waals surface area (Å²) in [6.07, 6.45) is 3.57. The number of imidazole rings is 1. The number of nitrogens with one attached hydrogen (secondary N) is 1. The molecule has 3 N–H and O–H groups in total. The van der Waals surface area contributed by atoms with Crippen molar-refractivity contribution in [3.63, 3.8) is 0 Å². The number of fused-ring (bicyclic) bond motifs is 1. The smallest absolute Gasteiger partial charge is 0.237 e. The number of aryl methyl sites for hydroxylation is 1. The first-order valence-corrected chi connectivity index (χ1v) is 7.50. The maximum Gasteiger partial charge on any atom is 0.237 e. The Hall–Kier alpha value is -1.88. The lowest BCUT2D eigenvalue weighted by Gasteiger charge is -2.39. The van der Waals surface area contributed by atoms with E-state index in [9.17, 15) is 4.79 Å². The van der Waals surface area contributed by atoms with Crippen molar-refractivity contribution in [3.8, 4) is 0 Å². The monoisotopic (exact) mass is 286 g/mol. The molecule has 3 rings (SSSR count). The Balaban J connectivity index is 2.03. The van der Waals surface area contributed by atoms with E-state index in [2.05, 4.69) is 20.9 Å². The van der Waals surface area contributed by atoms with E-state index in [4.69, 9.17) is 5.73 Å². The molecule has 21 heavy (non-hydrogen) atoms. The molecule has 1 amide bonds. The van der Waals surface area contributed by atoms with E-state index in [1.54, 1.807) is 0 Å². The molecule has 1 heterocycles. The number of aromatic nitrogens is 2. The van der Waals surface area contributed by atoms with Crippen LogP contribution in [-0.4, -0.2) is 28.0 Å². The SMILES string of the molecule is CNC1(C(N)=O)CCCC(n2c(C)nc3ccccc32)C1. The summed E-state index contributed by atoms with van der Waals surface area (Å²) in [5, 5.41) is 3.17. The Morgan fingerprint density at radius 1 is 1.48 bits per heavy atom. The van der Waals surface area contributed by atoms with Crippen molar-refractivity contribution in [2.45, 2.75) is 44.2 Å². The molecule has 5 heteroatoms. The number of primary amides is 1. The van der Waals surface area contributed by atoms with Crippen LogP contribution in [0.4, 0.5) is 0 Å². The third-order valence-corrected chi connectivity index (χ3v) is 4.81. The van der Waals surface area contributed by atoms with Crippen molar-refractivity contribution in [1.29, 1.82) is 0 Å². The van der Waals surface area contributed by atoms with Crippen LogP contribution in [0.1, 0.15) is 37.5 Å². The van der Waals surface area contributed by atoms with Gasteiger partial charge in [-0.1, -0.05) is 12.1 Å². The molecule has 0 saturated heterocycles. The summed E-state index contributed by atoms with van der Waals surface area (Å²) < 4.78 is 2.27. The van der Waals surface area contributed by atoms with E-state index < -0.39 is 5.54 Å². The highest BCUT2D eigenvalue weighted by atomic mass is 16.1. The first-order chi connectivity index (χ1) is 10.1. The minimum atomic E-state index is -0.596. The predicted octanol–water partition coefficient (Wildman–Crippen LogP) is 1.90. The van der Waals surface area contributed by atoms with Gasteiger partial charge in [0.1, 0.15) is 5.82 Å². The van der Waals surface area contributed by atoms with Crippen LogP contribution in [0.15, 0.2) is 24.3 Å². The largest absolute Gasteiger partial charge is 0.368 e. The zero-order valence-corrected chi connectivity index (χ0v) is 12.6. The highest BCUT2D eigenvalue weighted by Crippen LogP contribution is 2.37. The van der Waals surface area contributed by atoms with Crippen molar-refractivity contribution in [2.24, 2.45) is 5.73 Å². The molecule has 0 spiro atoms. The highest BCUT2D eigenvalue weighted by molar-refractivity contribution is 5.85. The predicted molar refractivity (Wildman–Crippen MR) is 83.0 cm³/mol. The van der Waals surface area contributed by atoms with Gasteiger partial charge in [-0.25, -0.2) is 4.98 Å². The second-order valence-corrected chi connectivity index (χ2v) is 5.96. The van der Waals surface area contributed by atoms with Gasteiger partial charge in [-0.15, -0.1) is 0 Å². The Morgan fingerprint density at radius 2 is 2.24 bits per heavy atom. The third-order valence-electron chi connectivity index (χ3n) is 4.81. The van der Waals surface area contributed by atoms with Crippen LogP contribution in [0.5, 0.6) is 0 Å². The molecular weight excluding hydrogens is 264 g/mol. The van der Waals surface area contributed by atoms with Gasteiger partial charge in [-0.05, 0) is 51.8 Å². The molecule has 1 aromatic heterocycles.